The molecule has 0 atom stereocenters. The van der Waals surface area contributed by atoms with E-state index in [1.54, 1.807) is 0 Å². The molecule has 0 fully saturated rings. The van der Waals surface area contributed by atoms with Crippen molar-refractivity contribution in [1.82, 2.24) is 0 Å². The monoisotopic (exact) mass is 262 g/mol. The number of ether oxygens (including phenoxy) is 3. The molecule has 0 heterocycles. The summed E-state index contributed by atoms with van der Waals surface area (Å²) >= 11 is 0. The molecule has 0 spiro atoms. The van der Waals surface area contributed by atoms with Crippen LogP contribution < -0.4 is 0 Å². The van der Waals surface area contributed by atoms with Gasteiger partial charge in [0.2, 0.25) is 0 Å². The minimum Gasteiger partial charge on any atom is -0.378 e. The molecular weight excluding hydrogens is 228 g/mol. The molecule has 0 amide bonds. The summed E-state index contributed by atoms with van der Waals surface area (Å²) in [4.78, 5) is 0. The van der Waals surface area contributed by atoms with Crippen LogP contribution in [0.15, 0.2) is 0 Å². The van der Waals surface area contributed by atoms with Gasteiger partial charge in [0.25, 0.3) is 0 Å². The SMILES string of the molecule is C.CC(C)OCC(C)(COC(C)C)COC(C)C. The van der Waals surface area contributed by atoms with Gasteiger partial charge < -0.3 is 14.2 Å². The third-order valence-corrected chi connectivity index (χ3v) is 2.30. The molecule has 0 aliphatic heterocycles. The average Bonchev–Trinajstić information content (AvgIpc) is 2.21. The van der Waals surface area contributed by atoms with Crippen LogP contribution in [0, 0.1) is 5.41 Å². The molecule has 0 aromatic rings. The Morgan fingerprint density at radius 1 is 0.667 bits per heavy atom. The molecule has 0 radical (unpaired) electrons. The van der Waals surface area contributed by atoms with E-state index in [0.29, 0.717) is 19.8 Å². The van der Waals surface area contributed by atoms with E-state index in [1.807, 2.05) is 41.5 Å². The normalized spacial score (nSPS) is 12.3. The maximum atomic E-state index is 5.71. The summed E-state index contributed by atoms with van der Waals surface area (Å²) in [5.41, 5.74) is -0.0706. The van der Waals surface area contributed by atoms with E-state index >= 15 is 0 Å². The van der Waals surface area contributed by atoms with Crippen molar-refractivity contribution in [3.63, 3.8) is 0 Å². The minimum absolute atomic E-state index is 0. The van der Waals surface area contributed by atoms with Crippen LogP contribution in [0.3, 0.4) is 0 Å². The van der Waals surface area contributed by atoms with Crippen LogP contribution in [0.25, 0.3) is 0 Å². The summed E-state index contributed by atoms with van der Waals surface area (Å²) in [7, 11) is 0. The highest BCUT2D eigenvalue weighted by atomic mass is 16.5. The third-order valence-electron chi connectivity index (χ3n) is 2.30. The maximum Gasteiger partial charge on any atom is 0.0567 e. The molecule has 0 unspecified atom stereocenters. The predicted octanol–water partition coefficient (Wildman–Crippen LogP) is 3.90. The topological polar surface area (TPSA) is 27.7 Å². The standard InChI is InChI=1S/C14H30O3.CH4/c1-11(2)15-8-14(7,9-16-12(3)4)10-17-13(5)6;/h11-13H,8-10H2,1-7H3;1H4. The Kier molecular flexibility index (Phi) is 11.0. The lowest BCUT2D eigenvalue weighted by molar-refractivity contribution is -0.0923. The van der Waals surface area contributed by atoms with Gasteiger partial charge in [-0.05, 0) is 41.5 Å². The van der Waals surface area contributed by atoms with Crippen molar-refractivity contribution in [3.05, 3.63) is 0 Å². The quantitative estimate of drug-likeness (QED) is 0.630. The van der Waals surface area contributed by atoms with E-state index in [9.17, 15) is 0 Å². The molecule has 0 aromatic carbocycles. The second kappa shape index (κ2) is 9.76. The molecule has 0 rings (SSSR count). The Bertz CT molecular complexity index is 157. The molecule has 0 aromatic heterocycles. The van der Waals surface area contributed by atoms with Crippen molar-refractivity contribution in [2.24, 2.45) is 5.41 Å². The molecule has 0 bridgehead atoms. The predicted molar refractivity (Wildman–Crippen MR) is 78.1 cm³/mol. The van der Waals surface area contributed by atoms with Crippen molar-refractivity contribution >= 4 is 0 Å². The molecule has 3 nitrogen and oxygen atoms in total. The zero-order valence-electron chi connectivity index (χ0n) is 12.6. The fourth-order valence-corrected chi connectivity index (χ4v) is 1.23. The van der Waals surface area contributed by atoms with Crippen LogP contribution in [0.5, 0.6) is 0 Å². The summed E-state index contributed by atoms with van der Waals surface area (Å²) in [6.07, 6.45) is 0.729. The second-order valence-electron chi connectivity index (χ2n) is 5.89. The van der Waals surface area contributed by atoms with E-state index in [0.717, 1.165) is 0 Å². The van der Waals surface area contributed by atoms with E-state index in [1.165, 1.54) is 0 Å². The van der Waals surface area contributed by atoms with Crippen molar-refractivity contribution in [1.29, 1.82) is 0 Å². The highest BCUT2D eigenvalue weighted by Gasteiger charge is 2.27. The van der Waals surface area contributed by atoms with Gasteiger partial charge in [-0.15, -0.1) is 0 Å². The lowest BCUT2D eigenvalue weighted by atomic mass is 9.94. The second-order valence-corrected chi connectivity index (χ2v) is 5.89. The molecular formula is C15H34O3. The van der Waals surface area contributed by atoms with Gasteiger partial charge in [-0.25, -0.2) is 0 Å². The lowest BCUT2D eigenvalue weighted by Crippen LogP contribution is -2.37. The average molecular weight is 262 g/mol. The minimum atomic E-state index is -0.0706. The Morgan fingerprint density at radius 2 is 0.889 bits per heavy atom. The molecule has 112 valence electrons. The van der Waals surface area contributed by atoms with Crippen LogP contribution in [-0.4, -0.2) is 38.1 Å². The van der Waals surface area contributed by atoms with Crippen LogP contribution in [0.2, 0.25) is 0 Å². The maximum absolute atomic E-state index is 5.71. The highest BCUT2D eigenvalue weighted by Crippen LogP contribution is 2.20. The highest BCUT2D eigenvalue weighted by molar-refractivity contribution is 4.74. The Labute approximate surface area is 114 Å². The molecule has 0 saturated heterocycles. The Morgan fingerprint density at radius 3 is 1.06 bits per heavy atom. The fourth-order valence-electron chi connectivity index (χ4n) is 1.23. The molecule has 0 aliphatic rings. The summed E-state index contributed by atoms with van der Waals surface area (Å²) in [5, 5.41) is 0. The van der Waals surface area contributed by atoms with Gasteiger partial charge in [0, 0.05) is 5.41 Å². The largest absolute Gasteiger partial charge is 0.378 e. The summed E-state index contributed by atoms with van der Waals surface area (Å²) in [6.45, 7) is 16.5. The zero-order valence-corrected chi connectivity index (χ0v) is 12.6. The van der Waals surface area contributed by atoms with Gasteiger partial charge in [0.05, 0.1) is 38.1 Å². The first-order chi connectivity index (χ1) is 7.75. The van der Waals surface area contributed by atoms with Crippen LogP contribution in [0.1, 0.15) is 55.9 Å². The van der Waals surface area contributed by atoms with E-state index in [2.05, 4.69) is 6.92 Å². The number of hydrogen-bond donors (Lipinski definition) is 0. The zero-order chi connectivity index (χ0) is 13.5. The third kappa shape index (κ3) is 11.0. The van der Waals surface area contributed by atoms with Gasteiger partial charge in [-0.3, -0.25) is 0 Å². The molecule has 0 N–H and O–H groups in total. The van der Waals surface area contributed by atoms with Gasteiger partial charge in [0.15, 0.2) is 0 Å². The molecule has 0 aliphatic carbocycles. The van der Waals surface area contributed by atoms with Crippen molar-refractivity contribution in [2.45, 2.75) is 74.2 Å². The Balaban J connectivity index is 0. The molecule has 18 heavy (non-hydrogen) atoms. The summed E-state index contributed by atoms with van der Waals surface area (Å²) in [5.74, 6) is 0. The van der Waals surface area contributed by atoms with Gasteiger partial charge in [-0.1, -0.05) is 14.4 Å². The first-order valence-electron chi connectivity index (χ1n) is 6.60. The van der Waals surface area contributed by atoms with Crippen LogP contribution in [0.4, 0.5) is 0 Å². The first kappa shape index (κ1) is 20.2. The smallest absolute Gasteiger partial charge is 0.0567 e. The first-order valence-corrected chi connectivity index (χ1v) is 6.60. The molecule has 3 heteroatoms. The lowest BCUT2D eigenvalue weighted by Gasteiger charge is -2.31. The van der Waals surface area contributed by atoms with Crippen LogP contribution in [-0.2, 0) is 14.2 Å². The van der Waals surface area contributed by atoms with Crippen molar-refractivity contribution in [2.75, 3.05) is 19.8 Å². The number of hydrogen-bond acceptors (Lipinski definition) is 3. The van der Waals surface area contributed by atoms with Gasteiger partial charge in [0.1, 0.15) is 0 Å². The fraction of sp³-hybridized carbons (Fsp3) is 1.00. The van der Waals surface area contributed by atoms with Gasteiger partial charge >= 0.3 is 0 Å². The van der Waals surface area contributed by atoms with Gasteiger partial charge in [-0.2, -0.15) is 0 Å². The van der Waals surface area contributed by atoms with E-state index < -0.39 is 0 Å². The molecule has 0 saturated carbocycles. The van der Waals surface area contributed by atoms with E-state index in [4.69, 9.17) is 14.2 Å². The van der Waals surface area contributed by atoms with Crippen LogP contribution >= 0.6 is 0 Å². The van der Waals surface area contributed by atoms with Crippen molar-refractivity contribution in [3.8, 4) is 0 Å². The summed E-state index contributed by atoms with van der Waals surface area (Å²) in [6, 6.07) is 0. The van der Waals surface area contributed by atoms with Crippen molar-refractivity contribution < 1.29 is 14.2 Å². The van der Waals surface area contributed by atoms with E-state index in [-0.39, 0.29) is 31.2 Å². The summed E-state index contributed by atoms with van der Waals surface area (Å²) < 4.78 is 17.1. The number of rotatable bonds is 9. The Hall–Kier alpha value is -0.120.